The van der Waals surface area contributed by atoms with Crippen molar-refractivity contribution in [3.8, 4) is 0 Å². The molecule has 0 aliphatic rings. The van der Waals surface area contributed by atoms with E-state index in [2.05, 4.69) is 40.0 Å². The molecule has 0 radical (unpaired) electrons. The lowest BCUT2D eigenvalue weighted by Crippen LogP contribution is -2.37. The SMILES string of the molecule is CCC(C)N(C)CCNC(=O)c1ccc(F)c(Br)c1. The molecular weight excluding hydrogens is 311 g/mol. The number of halogens is 2. The van der Waals surface area contributed by atoms with Crippen LogP contribution in [0.4, 0.5) is 4.39 Å². The van der Waals surface area contributed by atoms with Crippen molar-refractivity contribution in [3.63, 3.8) is 0 Å². The van der Waals surface area contributed by atoms with E-state index in [9.17, 15) is 9.18 Å². The van der Waals surface area contributed by atoms with Gasteiger partial charge in [0.25, 0.3) is 5.91 Å². The molecule has 0 spiro atoms. The highest BCUT2D eigenvalue weighted by molar-refractivity contribution is 9.10. The molecule has 1 rings (SSSR count). The highest BCUT2D eigenvalue weighted by Gasteiger charge is 2.10. The van der Waals surface area contributed by atoms with Crippen LogP contribution in [0.5, 0.6) is 0 Å². The van der Waals surface area contributed by atoms with Crippen LogP contribution < -0.4 is 5.32 Å². The van der Waals surface area contributed by atoms with Gasteiger partial charge in [0.1, 0.15) is 5.82 Å². The highest BCUT2D eigenvalue weighted by atomic mass is 79.9. The van der Waals surface area contributed by atoms with Gasteiger partial charge in [0.05, 0.1) is 4.47 Å². The normalized spacial score (nSPS) is 12.5. The minimum absolute atomic E-state index is 0.182. The molecule has 0 saturated heterocycles. The Hall–Kier alpha value is -0.940. The van der Waals surface area contributed by atoms with Crippen LogP contribution in [0.2, 0.25) is 0 Å². The van der Waals surface area contributed by atoms with Gasteiger partial charge in [-0.15, -0.1) is 0 Å². The summed E-state index contributed by atoms with van der Waals surface area (Å²) in [4.78, 5) is 14.1. The van der Waals surface area contributed by atoms with E-state index in [1.807, 2.05) is 7.05 Å². The van der Waals surface area contributed by atoms with Crippen molar-refractivity contribution in [3.05, 3.63) is 34.1 Å². The van der Waals surface area contributed by atoms with Gasteiger partial charge in [-0.3, -0.25) is 4.79 Å². The molecule has 5 heteroatoms. The van der Waals surface area contributed by atoms with Crippen LogP contribution in [0.15, 0.2) is 22.7 Å². The minimum atomic E-state index is -0.368. The van der Waals surface area contributed by atoms with E-state index in [4.69, 9.17) is 0 Å². The summed E-state index contributed by atoms with van der Waals surface area (Å²) in [6.45, 7) is 5.66. The van der Waals surface area contributed by atoms with Gasteiger partial charge in [0.15, 0.2) is 0 Å². The van der Waals surface area contributed by atoms with Gasteiger partial charge in [-0.1, -0.05) is 6.92 Å². The molecule has 0 fully saturated rings. The number of hydrogen-bond donors (Lipinski definition) is 1. The number of amides is 1. The third kappa shape index (κ3) is 4.91. The van der Waals surface area contributed by atoms with E-state index in [0.29, 0.717) is 22.6 Å². The van der Waals surface area contributed by atoms with Crippen LogP contribution in [-0.2, 0) is 0 Å². The van der Waals surface area contributed by atoms with Gasteiger partial charge >= 0.3 is 0 Å². The van der Waals surface area contributed by atoms with E-state index in [1.165, 1.54) is 18.2 Å². The predicted molar refractivity (Wildman–Crippen MR) is 78.8 cm³/mol. The standard InChI is InChI=1S/C14H20BrFN2O/c1-4-10(2)18(3)8-7-17-14(19)11-5-6-13(16)12(15)9-11/h5-6,9-10H,4,7-8H2,1-3H3,(H,17,19). The molecule has 1 amide bonds. The predicted octanol–water partition coefficient (Wildman–Crippen LogP) is 3.05. The first-order chi connectivity index (χ1) is 8.95. The summed E-state index contributed by atoms with van der Waals surface area (Å²) in [5.41, 5.74) is 0.458. The van der Waals surface area contributed by atoms with Crippen LogP contribution in [0.3, 0.4) is 0 Å². The summed E-state index contributed by atoms with van der Waals surface area (Å²) in [6.07, 6.45) is 1.08. The second-order valence-corrected chi connectivity index (χ2v) is 5.48. The van der Waals surface area contributed by atoms with E-state index in [1.54, 1.807) is 0 Å². The smallest absolute Gasteiger partial charge is 0.251 e. The van der Waals surface area contributed by atoms with Crippen molar-refractivity contribution in [1.82, 2.24) is 10.2 Å². The molecular formula is C14H20BrFN2O. The number of likely N-dealkylation sites (N-methyl/N-ethyl adjacent to an activating group) is 1. The van der Waals surface area contributed by atoms with Crippen molar-refractivity contribution >= 4 is 21.8 Å². The van der Waals surface area contributed by atoms with E-state index < -0.39 is 0 Å². The van der Waals surface area contributed by atoms with Crippen molar-refractivity contribution < 1.29 is 9.18 Å². The summed E-state index contributed by atoms with van der Waals surface area (Å²) in [5, 5.41) is 2.83. The van der Waals surface area contributed by atoms with Crippen LogP contribution in [-0.4, -0.2) is 37.0 Å². The van der Waals surface area contributed by atoms with E-state index in [0.717, 1.165) is 13.0 Å². The molecule has 0 aliphatic heterocycles. The van der Waals surface area contributed by atoms with Gasteiger partial charge in [0.2, 0.25) is 0 Å². The summed E-state index contributed by atoms with van der Waals surface area (Å²) < 4.78 is 13.4. The molecule has 0 heterocycles. The molecule has 0 saturated carbocycles. The monoisotopic (exact) mass is 330 g/mol. The number of carbonyl (C=O) groups is 1. The fraction of sp³-hybridized carbons (Fsp3) is 0.500. The minimum Gasteiger partial charge on any atom is -0.351 e. The number of hydrogen-bond acceptors (Lipinski definition) is 2. The lowest BCUT2D eigenvalue weighted by molar-refractivity contribution is 0.0947. The van der Waals surface area contributed by atoms with Gasteiger partial charge < -0.3 is 10.2 Å². The average Bonchev–Trinajstić information content (AvgIpc) is 2.40. The van der Waals surface area contributed by atoms with E-state index >= 15 is 0 Å². The fourth-order valence-electron chi connectivity index (χ4n) is 1.62. The summed E-state index contributed by atoms with van der Waals surface area (Å²) >= 11 is 3.07. The summed E-state index contributed by atoms with van der Waals surface area (Å²) in [5.74, 6) is -0.550. The van der Waals surface area contributed by atoms with Gasteiger partial charge in [0, 0.05) is 24.7 Å². The maximum atomic E-state index is 13.1. The molecule has 0 aromatic heterocycles. The second kappa shape index (κ2) is 7.60. The molecule has 1 aromatic rings. The molecule has 1 atom stereocenters. The molecule has 19 heavy (non-hydrogen) atoms. The Morgan fingerprint density at radius 1 is 1.53 bits per heavy atom. The maximum absolute atomic E-state index is 13.1. The number of benzene rings is 1. The lowest BCUT2D eigenvalue weighted by atomic mass is 10.2. The van der Waals surface area contributed by atoms with Gasteiger partial charge in [-0.05, 0) is 54.5 Å². The molecule has 1 N–H and O–H groups in total. The van der Waals surface area contributed by atoms with Crippen molar-refractivity contribution in [2.75, 3.05) is 20.1 Å². The lowest BCUT2D eigenvalue weighted by Gasteiger charge is -2.23. The molecule has 3 nitrogen and oxygen atoms in total. The van der Waals surface area contributed by atoms with Crippen molar-refractivity contribution in [2.24, 2.45) is 0 Å². The van der Waals surface area contributed by atoms with Gasteiger partial charge in [-0.25, -0.2) is 4.39 Å². The van der Waals surface area contributed by atoms with Crippen LogP contribution in [0, 0.1) is 5.82 Å². The number of nitrogens with one attached hydrogen (secondary N) is 1. The number of carbonyl (C=O) groups excluding carboxylic acids is 1. The first kappa shape index (κ1) is 16.1. The van der Waals surface area contributed by atoms with E-state index in [-0.39, 0.29) is 11.7 Å². The Balaban J connectivity index is 2.45. The van der Waals surface area contributed by atoms with Crippen LogP contribution in [0.25, 0.3) is 0 Å². The third-order valence-electron chi connectivity index (χ3n) is 3.28. The van der Waals surface area contributed by atoms with Crippen molar-refractivity contribution in [1.29, 1.82) is 0 Å². The van der Waals surface area contributed by atoms with Crippen LogP contribution in [0.1, 0.15) is 30.6 Å². The molecule has 0 bridgehead atoms. The first-order valence-electron chi connectivity index (χ1n) is 6.39. The zero-order valence-electron chi connectivity index (χ0n) is 11.5. The summed E-state index contributed by atoms with van der Waals surface area (Å²) in [7, 11) is 2.04. The maximum Gasteiger partial charge on any atom is 0.251 e. The highest BCUT2D eigenvalue weighted by Crippen LogP contribution is 2.16. The molecule has 1 unspecified atom stereocenters. The molecule has 1 aromatic carbocycles. The molecule has 0 aliphatic carbocycles. The van der Waals surface area contributed by atoms with Gasteiger partial charge in [-0.2, -0.15) is 0 Å². The third-order valence-corrected chi connectivity index (χ3v) is 3.88. The zero-order chi connectivity index (χ0) is 14.4. The average molecular weight is 331 g/mol. The Morgan fingerprint density at radius 2 is 2.21 bits per heavy atom. The Kier molecular flexibility index (Phi) is 6.45. The van der Waals surface area contributed by atoms with Crippen LogP contribution >= 0.6 is 15.9 Å². The zero-order valence-corrected chi connectivity index (χ0v) is 13.1. The largest absolute Gasteiger partial charge is 0.351 e. The quantitative estimate of drug-likeness (QED) is 0.869. The Bertz CT molecular complexity index is 439. The Morgan fingerprint density at radius 3 is 2.79 bits per heavy atom. The fourth-order valence-corrected chi connectivity index (χ4v) is 2.00. The molecule has 106 valence electrons. The number of nitrogens with zero attached hydrogens (tertiary/aromatic N) is 1. The van der Waals surface area contributed by atoms with Crippen molar-refractivity contribution in [2.45, 2.75) is 26.3 Å². The second-order valence-electron chi connectivity index (χ2n) is 4.62. The Labute approximate surface area is 122 Å². The summed E-state index contributed by atoms with van der Waals surface area (Å²) in [6, 6.07) is 4.75. The topological polar surface area (TPSA) is 32.3 Å². The first-order valence-corrected chi connectivity index (χ1v) is 7.18. The number of rotatable bonds is 6.